The highest BCUT2D eigenvalue weighted by molar-refractivity contribution is 9.11. The molecule has 2 saturated heterocycles. The van der Waals surface area contributed by atoms with Gasteiger partial charge in [-0.05, 0) is 69.2 Å². The van der Waals surface area contributed by atoms with Crippen LogP contribution < -0.4 is 15.8 Å². The lowest BCUT2D eigenvalue weighted by molar-refractivity contribution is 0.0825. The van der Waals surface area contributed by atoms with Crippen LogP contribution in [-0.2, 0) is 6.54 Å². The number of hydrogen-bond acceptors (Lipinski definition) is 4. The normalized spacial score (nSPS) is 23.0. The van der Waals surface area contributed by atoms with E-state index in [0.717, 1.165) is 19.4 Å². The number of carbonyl (C=O) groups excluding carboxylic acids is 1. The highest BCUT2D eigenvalue weighted by Gasteiger charge is 2.41. The second kappa shape index (κ2) is 9.90. The van der Waals surface area contributed by atoms with Crippen LogP contribution in [0, 0.1) is 0 Å². The molecule has 0 spiro atoms. The predicted octanol–water partition coefficient (Wildman–Crippen LogP) is 5.15. The Bertz CT molecular complexity index is 899. The highest BCUT2D eigenvalue weighted by Crippen LogP contribution is 2.40. The van der Waals surface area contributed by atoms with Gasteiger partial charge in [0.2, 0.25) is 0 Å². The summed E-state index contributed by atoms with van der Waals surface area (Å²) in [7, 11) is 1.55. The first-order valence-electron chi connectivity index (χ1n) is 9.90. The minimum absolute atomic E-state index is 0. The molecular formula is C22H26Br2ClN3O2. The lowest BCUT2D eigenvalue weighted by atomic mass is 9.96. The summed E-state index contributed by atoms with van der Waals surface area (Å²) in [5.74, 6) is 0.344. The van der Waals surface area contributed by atoms with E-state index in [2.05, 4.69) is 72.4 Å². The third-order valence-electron chi connectivity index (χ3n) is 6.09. The van der Waals surface area contributed by atoms with Crippen molar-refractivity contribution in [1.29, 1.82) is 0 Å². The maximum absolute atomic E-state index is 13.0. The number of fused-ring (bicyclic) bond motifs is 2. The number of nitrogen functional groups attached to an aromatic ring is 1. The van der Waals surface area contributed by atoms with Crippen molar-refractivity contribution in [2.45, 2.75) is 50.4 Å². The maximum Gasteiger partial charge on any atom is 0.255 e. The van der Waals surface area contributed by atoms with Crippen LogP contribution in [0.25, 0.3) is 0 Å². The predicted molar refractivity (Wildman–Crippen MR) is 129 cm³/mol. The smallest absolute Gasteiger partial charge is 0.255 e. The molecule has 2 heterocycles. The van der Waals surface area contributed by atoms with Gasteiger partial charge in [0.1, 0.15) is 5.75 Å². The number of piperidine rings is 1. The fourth-order valence-electron chi connectivity index (χ4n) is 4.69. The van der Waals surface area contributed by atoms with Gasteiger partial charge < -0.3 is 15.8 Å². The van der Waals surface area contributed by atoms with Crippen molar-refractivity contribution in [2.75, 3.05) is 12.8 Å². The van der Waals surface area contributed by atoms with Gasteiger partial charge in [-0.15, -0.1) is 12.4 Å². The van der Waals surface area contributed by atoms with Crippen molar-refractivity contribution < 1.29 is 9.53 Å². The van der Waals surface area contributed by atoms with Crippen LogP contribution in [-0.4, -0.2) is 36.0 Å². The quantitative estimate of drug-likeness (QED) is 0.498. The summed E-state index contributed by atoms with van der Waals surface area (Å²) in [4.78, 5) is 15.6. The first-order chi connectivity index (χ1) is 14.0. The first kappa shape index (κ1) is 23.4. The number of nitrogens with two attached hydrogens (primary N) is 1. The van der Waals surface area contributed by atoms with Crippen LogP contribution in [0.15, 0.2) is 45.3 Å². The molecule has 5 nitrogen and oxygen atoms in total. The topological polar surface area (TPSA) is 67.6 Å². The Balaban J connectivity index is 0.00000256. The van der Waals surface area contributed by atoms with Crippen LogP contribution in [0.3, 0.4) is 0 Å². The van der Waals surface area contributed by atoms with Crippen molar-refractivity contribution in [3.63, 3.8) is 0 Å². The Morgan fingerprint density at radius 3 is 2.43 bits per heavy atom. The molecule has 8 heteroatoms. The summed E-state index contributed by atoms with van der Waals surface area (Å²) < 4.78 is 6.71. The average molecular weight is 560 g/mol. The number of hydrogen-bond donors (Lipinski definition) is 2. The molecule has 0 aromatic heterocycles. The molecule has 0 aliphatic carbocycles. The zero-order chi connectivity index (χ0) is 20.5. The number of ether oxygens (including phenoxy) is 1. The summed E-state index contributed by atoms with van der Waals surface area (Å²) in [6, 6.07) is 13.6. The van der Waals surface area contributed by atoms with E-state index in [1.54, 1.807) is 13.2 Å². The Kier molecular flexibility index (Phi) is 7.71. The fourth-order valence-corrected chi connectivity index (χ4v) is 5.97. The molecule has 162 valence electrons. The summed E-state index contributed by atoms with van der Waals surface area (Å²) in [5.41, 5.74) is 8.38. The molecule has 0 radical (unpaired) electrons. The number of anilines is 1. The average Bonchev–Trinajstić information content (AvgIpc) is 2.95. The van der Waals surface area contributed by atoms with Crippen molar-refractivity contribution in [3.8, 4) is 5.75 Å². The van der Waals surface area contributed by atoms with Gasteiger partial charge in [-0.2, -0.15) is 0 Å². The second-order valence-electron chi connectivity index (χ2n) is 7.85. The third-order valence-corrected chi connectivity index (χ3v) is 7.53. The molecule has 2 aromatic rings. The molecule has 1 unspecified atom stereocenters. The monoisotopic (exact) mass is 557 g/mol. The van der Waals surface area contributed by atoms with E-state index >= 15 is 0 Å². The molecule has 2 aromatic carbocycles. The minimum Gasteiger partial charge on any atom is -0.495 e. The number of methoxy groups -OCH3 is 1. The molecule has 1 amide bonds. The summed E-state index contributed by atoms with van der Waals surface area (Å²) in [6.07, 6.45) is 4.36. The van der Waals surface area contributed by atoms with Crippen molar-refractivity contribution in [3.05, 3.63) is 56.5 Å². The van der Waals surface area contributed by atoms with Crippen LogP contribution in [0.5, 0.6) is 5.75 Å². The van der Waals surface area contributed by atoms with E-state index in [0.29, 0.717) is 38.0 Å². The van der Waals surface area contributed by atoms with Gasteiger partial charge in [0, 0.05) is 29.1 Å². The molecule has 2 bridgehead atoms. The van der Waals surface area contributed by atoms with Gasteiger partial charge in [0.05, 0.1) is 22.8 Å². The third kappa shape index (κ3) is 4.64. The van der Waals surface area contributed by atoms with Crippen LogP contribution in [0.4, 0.5) is 5.69 Å². The number of nitrogens with zero attached hydrogens (tertiary/aromatic N) is 1. The second-order valence-corrected chi connectivity index (χ2v) is 9.50. The van der Waals surface area contributed by atoms with Crippen LogP contribution in [0.1, 0.15) is 41.6 Å². The Morgan fingerprint density at radius 2 is 1.83 bits per heavy atom. The largest absolute Gasteiger partial charge is 0.495 e. The number of amides is 1. The highest BCUT2D eigenvalue weighted by atomic mass is 79.9. The number of rotatable bonds is 5. The van der Waals surface area contributed by atoms with Gasteiger partial charge in [-0.1, -0.05) is 30.3 Å². The van der Waals surface area contributed by atoms with Gasteiger partial charge >= 0.3 is 0 Å². The van der Waals surface area contributed by atoms with E-state index in [1.165, 1.54) is 18.4 Å². The summed E-state index contributed by atoms with van der Waals surface area (Å²) >= 11 is 6.86. The van der Waals surface area contributed by atoms with Gasteiger partial charge in [0.25, 0.3) is 5.91 Å². The summed E-state index contributed by atoms with van der Waals surface area (Å²) in [5, 5.41) is 3.24. The lowest BCUT2D eigenvalue weighted by Gasteiger charge is -2.39. The standard InChI is InChI=1S/C22H25Br2N3O2.ClH/c1-29-21-17(11-18(23)20(25)19(21)24)22(28)26-14-9-15-7-8-16(10-14)27(15)12-13-5-3-2-4-6-13;/h2-6,11,14-16H,7-10,12,25H2,1H3,(H,26,28);1H/t14?,15-,16+;. The molecular weight excluding hydrogens is 534 g/mol. The Hall–Kier alpha value is -1.28. The van der Waals surface area contributed by atoms with Crippen molar-refractivity contribution in [2.24, 2.45) is 0 Å². The molecule has 3 atom stereocenters. The molecule has 30 heavy (non-hydrogen) atoms. The zero-order valence-electron chi connectivity index (χ0n) is 16.7. The SMILES string of the molecule is COc1c(C(=O)NC2C[C@H]3CC[C@@H](C2)N3Cc2ccccc2)cc(Br)c(N)c1Br.Cl. The zero-order valence-corrected chi connectivity index (χ0v) is 20.7. The van der Waals surface area contributed by atoms with Gasteiger partial charge in [0.15, 0.2) is 0 Å². The molecule has 2 aliphatic rings. The molecule has 4 rings (SSSR count). The number of halogens is 3. The van der Waals surface area contributed by atoms with Crippen molar-refractivity contribution in [1.82, 2.24) is 10.2 Å². The van der Waals surface area contributed by atoms with Crippen molar-refractivity contribution >= 4 is 55.9 Å². The number of carbonyl (C=O) groups is 1. The Morgan fingerprint density at radius 1 is 1.20 bits per heavy atom. The van der Waals surface area contributed by atoms with Crippen LogP contribution in [0.2, 0.25) is 0 Å². The minimum atomic E-state index is -0.121. The van der Waals surface area contributed by atoms with Gasteiger partial charge in [-0.25, -0.2) is 0 Å². The van der Waals surface area contributed by atoms with E-state index in [9.17, 15) is 4.79 Å². The molecule has 2 aliphatic heterocycles. The number of nitrogens with one attached hydrogen (secondary N) is 1. The fraction of sp³-hybridized carbons (Fsp3) is 0.409. The van der Waals surface area contributed by atoms with Gasteiger partial charge in [-0.3, -0.25) is 9.69 Å². The molecule has 0 saturated carbocycles. The van der Waals surface area contributed by atoms with E-state index in [1.807, 2.05) is 0 Å². The Labute approximate surface area is 200 Å². The number of benzene rings is 2. The van der Waals surface area contributed by atoms with Crippen LogP contribution >= 0.6 is 44.3 Å². The summed E-state index contributed by atoms with van der Waals surface area (Å²) in [6.45, 7) is 0.989. The van der Waals surface area contributed by atoms with E-state index in [-0.39, 0.29) is 24.4 Å². The van der Waals surface area contributed by atoms with E-state index < -0.39 is 0 Å². The molecule has 3 N–H and O–H groups in total. The molecule has 2 fully saturated rings. The first-order valence-corrected chi connectivity index (χ1v) is 11.5. The maximum atomic E-state index is 13.0. The van der Waals surface area contributed by atoms with E-state index in [4.69, 9.17) is 10.5 Å². The lowest BCUT2D eigenvalue weighted by Crippen LogP contribution is -2.50.